The summed E-state index contributed by atoms with van der Waals surface area (Å²) in [4.78, 5) is 28.1. The highest BCUT2D eigenvalue weighted by Crippen LogP contribution is 2.47. The summed E-state index contributed by atoms with van der Waals surface area (Å²) >= 11 is 0. The molecule has 1 aromatic carbocycles. The van der Waals surface area contributed by atoms with Crippen LogP contribution in [-0.4, -0.2) is 31.1 Å². The van der Waals surface area contributed by atoms with Gasteiger partial charge in [0.15, 0.2) is 5.41 Å². The molecular formula is C18H19NO4. The first kappa shape index (κ1) is 15.3. The summed E-state index contributed by atoms with van der Waals surface area (Å²) in [6.07, 6.45) is 2.31. The molecule has 1 aromatic heterocycles. The molecule has 0 saturated carbocycles. The monoisotopic (exact) mass is 313 g/mol. The Morgan fingerprint density at radius 2 is 1.91 bits per heavy atom. The van der Waals surface area contributed by atoms with Crippen LogP contribution in [0.3, 0.4) is 0 Å². The first-order valence-electron chi connectivity index (χ1n) is 7.46. The van der Waals surface area contributed by atoms with E-state index >= 15 is 0 Å². The maximum absolute atomic E-state index is 12.4. The zero-order chi connectivity index (χ0) is 16.6. The van der Waals surface area contributed by atoms with Crippen molar-refractivity contribution in [2.24, 2.45) is 5.41 Å². The van der Waals surface area contributed by atoms with Gasteiger partial charge in [0.1, 0.15) is 0 Å². The van der Waals surface area contributed by atoms with Crippen LogP contribution in [0.5, 0.6) is 0 Å². The predicted octanol–water partition coefficient (Wildman–Crippen LogP) is 2.72. The molecule has 0 radical (unpaired) electrons. The number of esters is 2. The summed E-state index contributed by atoms with van der Waals surface area (Å²) in [5, 5.41) is 1.09. The number of nitrogens with one attached hydrogen (secondary N) is 1. The lowest BCUT2D eigenvalue weighted by atomic mass is 9.68. The molecule has 1 heterocycles. The van der Waals surface area contributed by atoms with E-state index in [1.54, 1.807) is 6.08 Å². The number of H-pyrrole nitrogens is 1. The van der Waals surface area contributed by atoms with Gasteiger partial charge in [-0.25, -0.2) is 0 Å². The Bertz CT molecular complexity index is 773. The number of carbonyl (C=O) groups is 2. The molecule has 2 aromatic rings. The highest BCUT2D eigenvalue weighted by molar-refractivity contribution is 6.01. The van der Waals surface area contributed by atoms with Crippen LogP contribution in [-0.2, 0) is 25.5 Å². The van der Waals surface area contributed by atoms with Crippen molar-refractivity contribution < 1.29 is 19.1 Å². The van der Waals surface area contributed by atoms with Crippen LogP contribution in [0.2, 0.25) is 0 Å². The zero-order valence-electron chi connectivity index (χ0n) is 13.2. The minimum atomic E-state index is -1.34. The lowest BCUT2D eigenvalue weighted by molar-refractivity contribution is -0.170. The van der Waals surface area contributed by atoms with Crippen molar-refractivity contribution >= 4 is 22.8 Å². The highest BCUT2D eigenvalue weighted by Gasteiger charge is 2.53. The van der Waals surface area contributed by atoms with Gasteiger partial charge in [-0.15, -0.1) is 6.58 Å². The summed E-state index contributed by atoms with van der Waals surface area (Å²) in [6.45, 7) is 3.89. The van der Waals surface area contributed by atoms with E-state index in [1.165, 1.54) is 14.2 Å². The Balaban J connectivity index is 2.21. The standard InChI is InChI=1S/C18H19NO4/c1-4-11-9-18(16(20)22-2,17(21)23-3)10-14-15(11)12-7-5-6-8-13(12)19-14/h4-8,11,19H,1,9-10H2,2-3H3. The van der Waals surface area contributed by atoms with E-state index in [0.717, 1.165) is 22.2 Å². The quantitative estimate of drug-likeness (QED) is 0.537. The second kappa shape index (κ2) is 5.57. The Morgan fingerprint density at radius 3 is 2.52 bits per heavy atom. The number of ether oxygens (including phenoxy) is 2. The van der Waals surface area contributed by atoms with E-state index in [4.69, 9.17) is 9.47 Å². The number of rotatable bonds is 3. The van der Waals surface area contributed by atoms with E-state index in [9.17, 15) is 9.59 Å². The number of carbonyl (C=O) groups excluding carboxylic acids is 2. The Labute approximate surface area is 134 Å². The lowest BCUT2D eigenvalue weighted by Gasteiger charge is -2.35. The Morgan fingerprint density at radius 1 is 1.26 bits per heavy atom. The van der Waals surface area contributed by atoms with Gasteiger partial charge in [-0.3, -0.25) is 9.59 Å². The number of hydrogen-bond donors (Lipinski definition) is 1. The number of hydrogen-bond acceptors (Lipinski definition) is 4. The van der Waals surface area contributed by atoms with Gasteiger partial charge >= 0.3 is 11.9 Å². The van der Waals surface area contributed by atoms with Crippen LogP contribution in [0.25, 0.3) is 10.9 Å². The topological polar surface area (TPSA) is 68.4 Å². The van der Waals surface area contributed by atoms with Crippen molar-refractivity contribution in [3.63, 3.8) is 0 Å². The van der Waals surface area contributed by atoms with Gasteiger partial charge in [0, 0.05) is 28.9 Å². The normalized spacial score (nSPS) is 19.0. The number of methoxy groups -OCH3 is 2. The van der Waals surface area contributed by atoms with Crippen molar-refractivity contribution in [1.29, 1.82) is 0 Å². The molecule has 1 unspecified atom stereocenters. The van der Waals surface area contributed by atoms with Crippen LogP contribution in [0, 0.1) is 5.41 Å². The molecule has 1 N–H and O–H groups in total. The van der Waals surface area contributed by atoms with Crippen LogP contribution >= 0.6 is 0 Å². The molecule has 120 valence electrons. The second-order valence-corrected chi connectivity index (χ2v) is 5.85. The van der Waals surface area contributed by atoms with Crippen molar-refractivity contribution in [2.75, 3.05) is 14.2 Å². The summed E-state index contributed by atoms with van der Waals surface area (Å²) in [7, 11) is 2.58. The van der Waals surface area contributed by atoms with Crippen LogP contribution in [0.15, 0.2) is 36.9 Å². The molecule has 0 bridgehead atoms. The van der Waals surface area contributed by atoms with E-state index in [-0.39, 0.29) is 12.3 Å². The number of aromatic nitrogens is 1. The van der Waals surface area contributed by atoms with Crippen molar-refractivity contribution in [3.05, 3.63) is 48.2 Å². The summed E-state index contributed by atoms with van der Waals surface area (Å²) < 4.78 is 9.82. The first-order chi connectivity index (χ1) is 11.1. The molecule has 0 amide bonds. The van der Waals surface area contributed by atoms with Crippen LogP contribution < -0.4 is 0 Å². The third-order valence-corrected chi connectivity index (χ3v) is 4.68. The molecule has 0 fully saturated rings. The van der Waals surface area contributed by atoms with Gasteiger partial charge < -0.3 is 14.5 Å². The number of allylic oxidation sites excluding steroid dienone is 1. The van der Waals surface area contributed by atoms with E-state index < -0.39 is 17.4 Å². The maximum atomic E-state index is 12.4. The average Bonchev–Trinajstić information content (AvgIpc) is 2.97. The van der Waals surface area contributed by atoms with Gasteiger partial charge in [-0.2, -0.15) is 0 Å². The smallest absolute Gasteiger partial charge is 0.323 e. The predicted molar refractivity (Wildman–Crippen MR) is 86.0 cm³/mol. The molecule has 5 nitrogen and oxygen atoms in total. The molecule has 0 saturated heterocycles. The minimum Gasteiger partial charge on any atom is -0.468 e. The molecule has 23 heavy (non-hydrogen) atoms. The SMILES string of the molecule is C=CC1CC(C(=O)OC)(C(=O)OC)Cc2[nH]c3ccccc3c21. The number of aromatic amines is 1. The number of fused-ring (bicyclic) bond motifs is 3. The third-order valence-electron chi connectivity index (χ3n) is 4.68. The zero-order valence-corrected chi connectivity index (χ0v) is 13.2. The first-order valence-corrected chi connectivity index (χ1v) is 7.46. The highest BCUT2D eigenvalue weighted by atomic mass is 16.5. The summed E-state index contributed by atoms with van der Waals surface area (Å²) in [5.41, 5.74) is 1.60. The summed E-state index contributed by atoms with van der Waals surface area (Å²) in [5.74, 6) is -1.27. The van der Waals surface area contributed by atoms with Crippen LogP contribution in [0.4, 0.5) is 0 Å². The third kappa shape index (κ3) is 2.15. The maximum Gasteiger partial charge on any atom is 0.323 e. The van der Waals surface area contributed by atoms with Crippen molar-refractivity contribution in [3.8, 4) is 0 Å². The van der Waals surface area contributed by atoms with E-state index in [1.807, 2.05) is 24.3 Å². The molecule has 0 aliphatic heterocycles. The molecular weight excluding hydrogens is 294 g/mol. The van der Waals surface area contributed by atoms with Gasteiger partial charge in [0.05, 0.1) is 14.2 Å². The summed E-state index contributed by atoms with van der Waals surface area (Å²) in [6, 6.07) is 7.93. The molecule has 5 heteroatoms. The van der Waals surface area contributed by atoms with Crippen molar-refractivity contribution in [2.45, 2.75) is 18.8 Å². The molecule has 0 spiro atoms. The number of benzene rings is 1. The van der Waals surface area contributed by atoms with E-state index in [2.05, 4.69) is 11.6 Å². The minimum absolute atomic E-state index is 0.131. The fourth-order valence-electron chi connectivity index (χ4n) is 3.62. The lowest BCUT2D eigenvalue weighted by Crippen LogP contribution is -2.46. The fraction of sp³-hybridized carbons (Fsp3) is 0.333. The largest absolute Gasteiger partial charge is 0.468 e. The van der Waals surface area contributed by atoms with Gasteiger partial charge in [0.25, 0.3) is 0 Å². The second-order valence-electron chi connectivity index (χ2n) is 5.85. The van der Waals surface area contributed by atoms with Crippen molar-refractivity contribution in [1.82, 2.24) is 4.98 Å². The molecule has 1 aliphatic rings. The van der Waals surface area contributed by atoms with Gasteiger partial charge in [-0.05, 0) is 18.1 Å². The Hall–Kier alpha value is -2.56. The van der Waals surface area contributed by atoms with Crippen LogP contribution in [0.1, 0.15) is 23.6 Å². The van der Waals surface area contributed by atoms with Gasteiger partial charge in [0.2, 0.25) is 0 Å². The molecule has 3 rings (SSSR count). The van der Waals surface area contributed by atoms with Gasteiger partial charge in [-0.1, -0.05) is 24.3 Å². The van der Waals surface area contributed by atoms with E-state index in [0.29, 0.717) is 6.42 Å². The average molecular weight is 313 g/mol. The molecule has 1 aliphatic carbocycles. The molecule has 1 atom stereocenters. The number of para-hydroxylation sites is 1. The Kier molecular flexibility index (Phi) is 3.72. The fourth-order valence-corrected chi connectivity index (χ4v) is 3.62.